The molecular weight excluding hydrogens is 248 g/mol. The van der Waals surface area contributed by atoms with Gasteiger partial charge < -0.3 is 4.90 Å². The molecule has 3 nitrogen and oxygen atoms in total. The molecule has 0 aromatic heterocycles. The fraction of sp³-hybridized carbons (Fsp3) is 0.941. The van der Waals surface area contributed by atoms with E-state index in [0.29, 0.717) is 30.0 Å². The summed E-state index contributed by atoms with van der Waals surface area (Å²) in [6, 6.07) is 0.614. The predicted molar refractivity (Wildman–Crippen MR) is 81.2 cm³/mol. The van der Waals surface area contributed by atoms with Crippen LogP contribution in [-0.4, -0.2) is 29.1 Å². The number of carbonyl (C=O) groups is 1. The summed E-state index contributed by atoms with van der Waals surface area (Å²) in [5.41, 5.74) is 0. The Labute approximate surface area is 123 Å². The molecule has 2 saturated carbocycles. The highest BCUT2D eigenvalue weighted by Crippen LogP contribution is 2.44. The van der Waals surface area contributed by atoms with Gasteiger partial charge in [0.05, 0.1) is 12.2 Å². The maximum atomic E-state index is 12.9. The number of hydrogen-bond donors (Lipinski definition) is 1. The second kappa shape index (κ2) is 5.67. The predicted octanol–water partition coefficient (Wildman–Crippen LogP) is 3.15. The lowest BCUT2D eigenvalue weighted by Crippen LogP contribution is -2.44. The van der Waals surface area contributed by atoms with Gasteiger partial charge in [-0.1, -0.05) is 46.5 Å². The fourth-order valence-electron chi connectivity index (χ4n) is 4.29. The summed E-state index contributed by atoms with van der Waals surface area (Å²) < 4.78 is 0. The van der Waals surface area contributed by atoms with Gasteiger partial charge in [0.2, 0.25) is 5.91 Å². The van der Waals surface area contributed by atoms with Crippen LogP contribution in [0.25, 0.3) is 0 Å². The van der Waals surface area contributed by atoms with Crippen LogP contribution >= 0.6 is 0 Å². The van der Waals surface area contributed by atoms with Gasteiger partial charge in [-0.3, -0.25) is 10.1 Å². The summed E-state index contributed by atoms with van der Waals surface area (Å²) >= 11 is 0. The SMILES string of the molecule is CCC(C)C1NC(C2CCCC2)N(C2CC2CC)C1=O. The molecule has 1 N–H and O–H groups in total. The minimum atomic E-state index is 0.0729. The Morgan fingerprint density at radius 2 is 2.00 bits per heavy atom. The first kappa shape index (κ1) is 14.4. The smallest absolute Gasteiger partial charge is 0.241 e. The van der Waals surface area contributed by atoms with Crippen molar-refractivity contribution >= 4 is 5.91 Å². The van der Waals surface area contributed by atoms with E-state index in [-0.39, 0.29) is 6.04 Å². The fourth-order valence-corrected chi connectivity index (χ4v) is 4.29. The highest BCUT2D eigenvalue weighted by Gasteiger charge is 2.53. The normalized spacial score (nSPS) is 39.5. The van der Waals surface area contributed by atoms with E-state index in [2.05, 4.69) is 31.0 Å². The number of carbonyl (C=O) groups excluding carboxylic acids is 1. The van der Waals surface area contributed by atoms with Crippen molar-refractivity contribution in [3.05, 3.63) is 0 Å². The van der Waals surface area contributed by atoms with Gasteiger partial charge in [0.1, 0.15) is 0 Å². The Morgan fingerprint density at radius 3 is 2.55 bits per heavy atom. The van der Waals surface area contributed by atoms with Gasteiger partial charge in [0.25, 0.3) is 0 Å². The van der Waals surface area contributed by atoms with Crippen LogP contribution in [0.4, 0.5) is 0 Å². The van der Waals surface area contributed by atoms with Crippen LogP contribution in [-0.2, 0) is 4.79 Å². The third kappa shape index (κ3) is 2.38. The summed E-state index contributed by atoms with van der Waals surface area (Å²) in [6.45, 7) is 6.67. The Bertz CT molecular complexity index is 364. The van der Waals surface area contributed by atoms with Crippen LogP contribution in [0.1, 0.15) is 65.7 Å². The van der Waals surface area contributed by atoms with Gasteiger partial charge in [0, 0.05) is 6.04 Å². The van der Waals surface area contributed by atoms with Gasteiger partial charge in [-0.15, -0.1) is 0 Å². The van der Waals surface area contributed by atoms with Crippen molar-refractivity contribution in [3.8, 4) is 0 Å². The molecule has 3 aliphatic rings. The van der Waals surface area contributed by atoms with E-state index in [0.717, 1.165) is 12.3 Å². The van der Waals surface area contributed by atoms with Crippen LogP contribution in [0.15, 0.2) is 0 Å². The molecule has 2 aliphatic carbocycles. The van der Waals surface area contributed by atoms with E-state index in [1.165, 1.54) is 38.5 Å². The maximum absolute atomic E-state index is 12.9. The number of nitrogens with one attached hydrogen (secondary N) is 1. The first-order chi connectivity index (χ1) is 9.67. The molecular formula is C17H30N2O. The van der Waals surface area contributed by atoms with E-state index in [1.54, 1.807) is 0 Å². The minimum Gasteiger partial charge on any atom is -0.322 e. The van der Waals surface area contributed by atoms with Crippen molar-refractivity contribution in [2.75, 3.05) is 0 Å². The molecule has 0 radical (unpaired) electrons. The number of rotatable bonds is 5. The lowest BCUT2D eigenvalue weighted by molar-refractivity contribution is -0.132. The van der Waals surface area contributed by atoms with E-state index in [9.17, 15) is 4.79 Å². The maximum Gasteiger partial charge on any atom is 0.241 e. The summed E-state index contributed by atoms with van der Waals surface area (Å²) in [4.78, 5) is 15.2. The topological polar surface area (TPSA) is 32.3 Å². The van der Waals surface area contributed by atoms with Crippen molar-refractivity contribution in [1.29, 1.82) is 0 Å². The minimum absolute atomic E-state index is 0.0729. The quantitative estimate of drug-likeness (QED) is 0.838. The van der Waals surface area contributed by atoms with Crippen molar-refractivity contribution in [2.45, 2.75) is 84.0 Å². The first-order valence-corrected chi connectivity index (χ1v) is 8.75. The van der Waals surface area contributed by atoms with E-state index in [4.69, 9.17) is 0 Å². The van der Waals surface area contributed by atoms with Gasteiger partial charge >= 0.3 is 0 Å². The zero-order chi connectivity index (χ0) is 14.3. The lowest BCUT2D eigenvalue weighted by atomic mass is 9.99. The molecule has 20 heavy (non-hydrogen) atoms. The van der Waals surface area contributed by atoms with Crippen molar-refractivity contribution in [1.82, 2.24) is 10.2 Å². The molecule has 1 amide bonds. The summed E-state index contributed by atoms with van der Waals surface area (Å²) in [6.07, 6.45) is 9.18. The van der Waals surface area contributed by atoms with E-state index < -0.39 is 0 Å². The van der Waals surface area contributed by atoms with Crippen molar-refractivity contribution in [3.63, 3.8) is 0 Å². The van der Waals surface area contributed by atoms with Crippen LogP contribution in [0.5, 0.6) is 0 Å². The van der Waals surface area contributed by atoms with Crippen LogP contribution in [0.2, 0.25) is 0 Å². The molecule has 0 bridgehead atoms. The molecule has 1 aliphatic heterocycles. The van der Waals surface area contributed by atoms with Gasteiger partial charge in [-0.2, -0.15) is 0 Å². The van der Waals surface area contributed by atoms with Gasteiger partial charge in [-0.05, 0) is 37.0 Å². The lowest BCUT2D eigenvalue weighted by Gasteiger charge is -2.29. The molecule has 0 aromatic carbocycles. The third-order valence-corrected chi connectivity index (χ3v) is 6.00. The molecule has 1 heterocycles. The second-order valence-corrected chi connectivity index (χ2v) is 7.24. The van der Waals surface area contributed by atoms with Crippen LogP contribution in [0, 0.1) is 17.8 Å². The molecule has 1 saturated heterocycles. The van der Waals surface area contributed by atoms with Gasteiger partial charge in [0.15, 0.2) is 0 Å². The highest BCUT2D eigenvalue weighted by molar-refractivity contribution is 5.85. The van der Waals surface area contributed by atoms with Crippen LogP contribution < -0.4 is 5.32 Å². The molecule has 0 aromatic rings. The zero-order valence-electron chi connectivity index (χ0n) is 13.3. The largest absolute Gasteiger partial charge is 0.322 e. The zero-order valence-corrected chi connectivity index (χ0v) is 13.3. The Hall–Kier alpha value is -0.570. The highest BCUT2D eigenvalue weighted by atomic mass is 16.2. The monoisotopic (exact) mass is 278 g/mol. The second-order valence-electron chi connectivity index (χ2n) is 7.24. The number of hydrogen-bond acceptors (Lipinski definition) is 2. The molecule has 5 unspecified atom stereocenters. The average Bonchev–Trinajstić information content (AvgIpc) is 2.87. The molecule has 3 heteroatoms. The number of amides is 1. The molecule has 3 fully saturated rings. The average molecular weight is 278 g/mol. The van der Waals surface area contributed by atoms with E-state index >= 15 is 0 Å². The molecule has 3 rings (SSSR count). The van der Waals surface area contributed by atoms with Crippen molar-refractivity contribution in [2.24, 2.45) is 17.8 Å². The third-order valence-electron chi connectivity index (χ3n) is 6.00. The standard InChI is InChI=1S/C17H30N2O/c1-4-11(3)15-17(20)19(14-10-12(14)5-2)16(18-15)13-8-6-7-9-13/h11-16,18H,4-10H2,1-3H3. The van der Waals surface area contributed by atoms with Crippen LogP contribution in [0.3, 0.4) is 0 Å². The Balaban J connectivity index is 1.77. The summed E-state index contributed by atoms with van der Waals surface area (Å²) in [5, 5.41) is 3.73. The molecule has 0 spiro atoms. The number of nitrogens with zero attached hydrogens (tertiary/aromatic N) is 1. The van der Waals surface area contributed by atoms with E-state index in [1.807, 2.05) is 0 Å². The Kier molecular flexibility index (Phi) is 4.07. The summed E-state index contributed by atoms with van der Waals surface area (Å²) in [7, 11) is 0. The van der Waals surface area contributed by atoms with Gasteiger partial charge in [-0.25, -0.2) is 0 Å². The van der Waals surface area contributed by atoms with Crippen molar-refractivity contribution < 1.29 is 4.79 Å². The molecule has 114 valence electrons. The molecule has 5 atom stereocenters. The first-order valence-electron chi connectivity index (χ1n) is 8.75. The summed E-state index contributed by atoms with van der Waals surface area (Å²) in [5.74, 6) is 2.32. The Morgan fingerprint density at radius 1 is 1.30 bits per heavy atom.